The van der Waals surface area contributed by atoms with E-state index in [1.165, 1.54) is 0 Å². The van der Waals surface area contributed by atoms with E-state index in [0.717, 1.165) is 25.9 Å². The molecule has 0 N–H and O–H groups in total. The Kier molecular flexibility index (Phi) is 6.47. The first-order valence-electron chi connectivity index (χ1n) is 6.15. The molecule has 0 bridgehead atoms. The van der Waals surface area contributed by atoms with Crippen LogP contribution < -0.4 is 0 Å². The van der Waals surface area contributed by atoms with Gasteiger partial charge in [-0.25, -0.2) is 0 Å². The number of ether oxygens (including phenoxy) is 3. The van der Waals surface area contributed by atoms with Gasteiger partial charge in [-0.15, -0.1) is 0 Å². The summed E-state index contributed by atoms with van der Waals surface area (Å²) < 4.78 is 15.4. The van der Waals surface area contributed by atoms with Crippen molar-refractivity contribution in [3.8, 4) is 0 Å². The molecule has 0 saturated carbocycles. The van der Waals surface area contributed by atoms with Crippen LogP contribution in [0.15, 0.2) is 0 Å². The Morgan fingerprint density at radius 1 is 1.41 bits per heavy atom. The van der Waals surface area contributed by atoms with Gasteiger partial charge in [-0.3, -0.25) is 9.69 Å². The van der Waals surface area contributed by atoms with Crippen LogP contribution in [0.1, 0.15) is 19.8 Å². The molecule has 1 aliphatic heterocycles. The molecule has 0 aliphatic carbocycles. The third-order valence-electron chi connectivity index (χ3n) is 3.06. The van der Waals surface area contributed by atoms with Crippen LogP contribution >= 0.6 is 0 Å². The second-order valence-electron chi connectivity index (χ2n) is 4.25. The molecular weight excluding hydrogens is 222 g/mol. The van der Waals surface area contributed by atoms with Crippen molar-refractivity contribution in [1.82, 2.24) is 4.90 Å². The highest BCUT2D eigenvalue weighted by Gasteiger charge is 2.27. The fourth-order valence-corrected chi connectivity index (χ4v) is 2.13. The number of rotatable bonds is 6. The zero-order valence-electron chi connectivity index (χ0n) is 11.0. The van der Waals surface area contributed by atoms with Gasteiger partial charge in [-0.05, 0) is 26.3 Å². The number of piperidine rings is 1. The average molecular weight is 245 g/mol. The van der Waals surface area contributed by atoms with Crippen molar-refractivity contribution < 1.29 is 19.0 Å². The van der Waals surface area contributed by atoms with Crippen LogP contribution in [0.3, 0.4) is 0 Å². The van der Waals surface area contributed by atoms with Gasteiger partial charge in [-0.2, -0.15) is 0 Å². The van der Waals surface area contributed by atoms with E-state index >= 15 is 0 Å². The van der Waals surface area contributed by atoms with Crippen molar-refractivity contribution in [1.29, 1.82) is 0 Å². The lowest BCUT2D eigenvalue weighted by atomic mass is 9.98. The summed E-state index contributed by atoms with van der Waals surface area (Å²) in [7, 11) is 3.25. The number of carbonyl (C=O) groups is 1. The first-order valence-corrected chi connectivity index (χ1v) is 6.15. The molecule has 1 rings (SSSR count). The Hall–Kier alpha value is -0.650. The molecular formula is C12H23NO4. The second-order valence-corrected chi connectivity index (χ2v) is 4.25. The van der Waals surface area contributed by atoms with E-state index in [9.17, 15) is 4.79 Å². The predicted octanol–water partition coefficient (Wildman–Crippen LogP) is 0.880. The minimum Gasteiger partial charge on any atom is -0.466 e. The number of hydrogen-bond acceptors (Lipinski definition) is 5. The van der Waals surface area contributed by atoms with Gasteiger partial charge < -0.3 is 14.2 Å². The minimum atomic E-state index is -0.226. The highest BCUT2D eigenvalue weighted by Crippen LogP contribution is 2.18. The molecule has 0 radical (unpaired) electrons. The second kappa shape index (κ2) is 7.63. The molecule has 5 nitrogen and oxygen atoms in total. The maximum atomic E-state index is 11.7. The average Bonchev–Trinajstić information content (AvgIpc) is 2.36. The first kappa shape index (κ1) is 14.4. The molecule has 1 atom stereocenters. The lowest BCUT2D eigenvalue weighted by Crippen LogP contribution is -2.43. The standard InChI is InChI=1S/C12H23NO4/c1-4-17-12(14)10-6-5-7-13(8-10)9-11(15-2)16-3/h10-11H,4-9H2,1-3H3/t10-/m0/s1. The van der Waals surface area contributed by atoms with E-state index in [1.807, 2.05) is 6.92 Å². The molecule has 0 unspecified atom stereocenters. The number of likely N-dealkylation sites (tertiary alicyclic amines) is 1. The van der Waals surface area contributed by atoms with Crippen LogP contribution in [0.2, 0.25) is 0 Å². The van der Waals surface area contributed by atoms with Gasteiger partial charge in [0, 0.05) is 27.3 Å². The van der Waals surface area contributed by atoms with Gasteiger partial charge in [0.05, 0.1) is 12.5 Å². The largest absolute Gasteiger partial charge is 0.466 e. The Morgan fingerprint density at radius 2 is 2.12 bits per heavy atom. The molecule has 1 aliphatic rings. The third-order valence-corrected chi connectivity index (χ3v) is 3.06. The number of nitrogens with zero attached hydrogens (tertiary/aromatic N) is 1. The molecule has 0 spiro atoms. The van der Waals surface area contributed by atoms with E-state index in [4.69, 9.17) is 14.2 Å². The smallest absolute Gasteiger partial charge is 0.310 e. The van der Waals surface area contributed by atoms with E-state index in [1.54, 1.807) is 14.2 Å². The number of hydrogen-bond donors (Lipinski definition) is 0. The van der Waals surface area contributed by atoms with Crippen molar-refractivity contribution in [2.45, 2.75) is 26.1 Å². The van der Waals surface area contributed by atoms with Gasteiger partial charge in [0.15, 0.2) is 6.29 Å². The molecule has 0 aromatic heterocycles. The highest BCUT2D eigenvalue weighted by molar-refractivity contribution is 5.72. The molecule has 0 aromatic rings. The van der Waals surface area contributed by atoms with E-state index < -0.39 is 0 Å². The Labute approximate surface area is 103 Å². The Bertz CT molecular complexity index is 231. The fraction of sp³-hybridized carbons (Fsp3) is 0.917. The van der Waals surface area contributed by atoms with Crippen LogP contribution in [-0.4, -0.2) is 57.6 Å². The van der Waals surface area contributed by atoms with E-state index in [0.29, 0.717) is 13.2 Å². The molecule has 0 aromatic carbocycles. The lowest BCUT2D eigenvalue weighted by molar-refractivity contribution is -0.152. The SMILES string of the molecule is CCOC(=O)[C@H]1CCCN(CC(OC)OC)C1. The quantitative estimate of drug-likeness (QED) is 0.513. The normalized spacial score (nSPS) is 21.8. The predicted molar refractivity (Wildman–Crippen MR) is 63.6 cm³/mol. The monoisotopic (exact) mass is 245 g/mol. The van der Waals surface area contributed by atoms with Gasteiger partial charge in [0.2, 0.25) is 0 Å². The number of esters is 1. The molecule has 17 heavy (non-hydrogen) atoms. The number of methoxy groups -OCH3 is 2. The van der Waals surface area contributed by atoms with Gasteiger partial charge in [0.1, 0.15) is 0 Å². The minimum absolute atomic E-state index is 0.00179. The molecule has 100 valence electrons. The van der Waals surface area contributed by atoms with Crippen molar-refractivity contribution in [3.05, 3.63) is 0 Å². The third kappa shape index (κ3) is 4.61. The summed E-state index contributed by atoms with van der Waals surface area (Å²) in [6.07, 6.45) is 1.71. The first-order chi connectivity index (χ1) is 8.21. The molecule has 5 heteroatoms. The Morgan fingerprint density at radius 3 is 2.71 bits per heavy atom. The van der Waals surface area contributed by atoms with Crippen molar-refractivity contribution in [3.63, 3.8) is 0 Å². The summed E-state index contributed by atoms with van der Waals surface area (Å²) in [5, 5.41) is 0. The van der Waals surface area contributed by atoms with Crippen molar-refractivity contribution in [2.75, 3.05) is 40.5 Å². The molecule has 1 fully saturated rings. The molecule has 1 heterocycles. The fourth-order valence-electron chi connectivity index (χ4n) is 2.13. The topological polar surface area (TPSA) is 48.0 Å². The maximum absolute atomic E-state index is 11.7. The zero-order valence-corrected chi connectivity index (χ0v) is 11.0. The van der Waals surface area contributed by atoms with Crippen molar-refractivity contribution >= 4 is 5.97 Å². The van der Waals surface area contributed by atoms with E-state index in [-0.39, 0.29) is 18.2 Å². The van der Waals surface area contributed by atoms with Crippen molar-refractivity contribution in [2.24, 2.45) is 5.92 Å². The van der Waals surface area contributed by atoms with Gasteiger partial charge in [0.25, 0.3) is 0 Å². The Balaban J connectivity index is 2.40. The van der Waals surface area contributed by atoms with Crippen LogP contribution in [-0.2, 0) is 19.0 Å². The maximum Gasteiger partial charge on any atom is 0.310 e. The summed E-state index contributed by atoms with van der Waals surface area (Å²) >= 11 is 0. The van der Waals surface area contributed by atoms with E-state index in [2.05, 4.69) is 4.90 Å². The van der Waals surface area contributed by atoms with Crippen LogP contribution in [0.4, 0.5) is 0 Å². The summed E-state index contributed by atoms with van der Waals surface area (Å²) in [4.78, 5) is 13.9. The van der Waals surface area contributed by atoms with Crippen LogP contribution in [0.25, 0.3) is 0 Å². The molecule has 0 amide bonds. The highest BCUT2D eigenvalue weighted by atomic mass is 16.7. The molecule has 1 saturated heterocycles. The summed E-state index contributed by atoms with van der Waals surface area (Å²) in [5.41, 5.74) is 0. The lowest BCUT2D eigenvalue weighted by Gasteiger charge is -2.33. The van der Waals surface area contributed by atoms with Gasteiger partial charge >= 0.3 is 5.97 Å². The zero-order chi connectivity index (χ0) is 12.7. The summed E-state index contributed by atoms with van der Waals surface area (Å²) in [6, 6.07) is 0. The van der Waals surface area contributed by atoms with Crippen LogP contribution in [0.5, 0.6) is 0 Å². The number of carbonyl (C=O) groups excluding carboxylic acids is 1. The van der Waals surface area contributed by atoms with Gasteiger partial charge in [-0.1, -0.05) is 0 Å². The summed E-state index contributed by atoms with van der Waals surface area (Å²) in [6.45, 7) is 4.71. The van der Waals surface area contributed by atoms with Crippen LogP contribution in [0, 0.1) is 5.92 Å². The summed E-state index contributed by atoms with van der Waals surface area (Å²) in [5.74, 6) is -0.0818.